The first-order valence-electron chi connectivity index (χ1n) is 9.54. The predicted molar refractivity (Wildman–Crippen MR) is 126 cm³/mol. The van der Waals surface area contributed by atoms with Crippen molar-refractivity contribution in [1.29, 1.82) is 0 Å². The summed E-state index contributed by atoms with van der Waals surface area (Å²) < 4.78 is 5.54. The number of amides is 1. The number of aliphatic imine (C=N–C) groups is 1. The summed E-state index contributed by atoms with van der Waals surface area (Å²) in [5.74, 6) is 1.74. The standard InChI is InChI=1S/C21H30N4O3.HI/c1-5-22-19(26)17-9-7-8-16(12-17)13-24-20(23-6-2)25-14-21(4,27)18-11-10-15(3)28-18;/h7-12,27H,5-6,13-14H2,1-4H3,(H,22,26)(H2,23,24,25);1H. The average Bonchev–Trinajstić information content (AvgIpc) is 3.12. The van der Waals surface area contributed by atoms with Crippen molar-refractivity contribution < 1.29 is 14.3 Å². The lowest BCUT2D eigenvalue weighted by atomic mass is 10.0. The van der Waals surface area contributed by atoms with Crippen LogP contribution in [-0.4, -0.2) is 36.6 Å². The Kier molecular flexibility index (Phi) is 10.2. The van der Waals surface area contributed by atoms with Gasteiger partial charge in [0.2, 0.25) is 0 Å². The van der Waals surface area contributed by atoms with E-state index in [9.17, 15) is 9.90 Å². The minimum absolute atomic E-state index is 0. The van der Waals surface area contributed by atoms with Crippen molar-refractivity contribution in [3.05, 3.63) is 59.0 Å². The maximum atomic E-state index is 12.0. The van der Waals surface area contributed by atoms with Crippen LogP contribution in [0.25, 0.3) is 0 Å². The molecule has 0 aliphatic carbocycles. The molecule has 0 bridgehead atoms. The fourth-order valence-corrected chi connectivity index (χ4v) is 2.65. The summed E-state index contributed by atoms with van der Waals surface area (Å²) in [5.41, 5.74) is 0.376. The SMILES string of the molecule is CCNC(=O)c1cccc(CN=C(NCC)NCC(C)(O)c2ccc(C)o2)c1.I. The van der Waals surface area contributed by atoms with E-state index < -0.39 is 5.60 Å². The van der Waals surface area contributed by atoms with Crippen LogP contribution in [0.1, 0.15) is 48.2 Å². The van der Waals surface area contributed by atoms with Gasteiger partial charge in [-0.15, -0.1) is 24.0 Å². The highest BCUT2D eigenvalue weighted by Gasteiger charge is 2.27. The molecule has 0 spiro atoms. The molecule has 0 saturated heterocycles. The number of hydrogen-bond donors (Lipinski definition) is 4. The average molecular weight is 514 g/mol. The van der Waals surface area contributed by atoms with Crippen LogP contribution >= 0.6 is 24.0 Å². The molecule has 0 aliphatic heterocycles. The Hall–Kier alpha value is -2.07. The van der Waals surface area contributed by atoms with Gasteiger partial charge in [-0.25, -0.2) is 4.99 Å². The monoisotopic (exact) mass is 514 g/mol. The molecule has 1 atom stereocenters. The highest BCUT2D eigenvalue weighted by atomic mass is 127. The molecule has 0 aliphatic rings. The molecule has 1 aromatic heterocycles. The zero-order valence-electron chi connectivity index (χ0n) is 17.4. The zero-order valence-corrected chi connectivity index (χ0v) is 19.7. The number of hydrogen-bond acceptors (Lipinski definition) is 4. The number of carbonyl (C=O) groups is 1. The number of nitrogens with zero attached hydrogens (tertiary/aromatic N) is 1. The van der Waals surface area contributed by atoms with Gasteiger partial charge in [-0.2, -0.15) is 0 Å². The molecule has 29 heavy (non-hydrogen) atoms. The van der Waals surface area contributed by atoms with Crippen LogP contribution in [0, 0.1) is 6.92 Å². The molecule has 4 N–H and O–H groups in total. The van der Waals surface area contributed by atoms with Gasteiger partial charge in [0.1, 0.15) is 17.1 Å². The predicted octanol–water partition coefficient (Wildman–Crippen LogP) is 2.92. The lowest BCUT2D eigenvalue weighted by molar-refractivity contribution is 0.0378. The summed E-state index contributed by atoms with van der Waals surface area (Å²) in [7, 11) is 0. The molecule has 2 aromatic rings. The molecular weight excluding hydrogens is 483 g/mol. The lowest BCUT2D eigenvalue weighted by Crippen LogP contribution is -2.44. The number of nitrogens with one attached hydrogen (secondary N) is 3. The van der Waals surface area contributed by atoms with Crippen LogP contribution in [0.5, 0.6) is 0 Å². The summed E-state index contributed by atoms with van der Waals surface area (Å²) in [5, 5.41) is 19.8. The van der Waals surface area contributed by atoms with Crippen LogP contribution in [0.3, 0.4) is 0 Å². The number of carbonyl (C=O) groups excluding carboxylic acids is 1. The Morgan fingerprint density at radius 1 is 1.14 bits per heavy atom. The van der Waals surface area contributed by atoms with E-state index >= 15 is 0 Å². The largest absolute Gasteiger partial charge is 0.463 e. The molecule has 0 radical (unpaired) electrons. The van der Waals surface area contributed by atoms with Crippen LogP contribution in [-0.2, 0) is 12.1 Å². The third kappa shape index (κ3) is 7.69. The number of aliphatic hydroxyl groups is 1. The minimum atomic E-state index is -1.16. The molecule has 1 unspecified atom stereocenters. The Bertz CT molecular complexity index is 818. The van der Waals surface area contributed by atoms with Crippen molar-refractivity contribution in [2.45, 2.75) is 39.8 Å². The Balaban J connectivity index is 0.00000420. The number of halogens is 1. The second-order valence-electron chi connectivity index (χ2n) is 6.79. The summed E-state index contributed by atoms with van der Waals surface area (Å²) in [6, 6.07) is 11.0. The number of benzene rings is 1. The van der Waals surface area contributed by atoms with Crippen molar-refractivity contribution in [1.82, 2.24) is 16.0 Å². The fourth-order valence-electron chi connectivity index (χ4n) is 2.65. The van der Waals surface area contributed by atoms with Gasteiger partial charge >= 0.3 is 0 Å². The number of guanidine groups is 1. The Morgan fingerprint density at radius 3 is 2.48 bits per heavy atom. The van der Waals surface area contributed by atoms with Crippen molar-refractivity contribution >= 4 is 35.8 Å². The van der Waals surface area contributed by atoms with Crippen LogP contribution < -0.4 is 16.0 Å². The fraction of sp³-hybridized carbons (Fsp3) is 0.429. The third-order valence-electron chi connectivity index (χ3n) is 4.16. The molecule has 2 rings (SSSR count). The van der Waals surface area contributed by atoms with Crippen molar-refractivity contribution in [2.24, 2.45) is 4.99 Å². The minimum Gasteiger partial charge on any atom is -0.463 e. The van der Waals surface area contributed by atoms with E-state index in [1.165, 1.54) is 0 Å². The molecule has 7 nitrogen and oxygen atoms in total. The van der Waals surface area contributed by atoms with Gasteiger partial charge in [-0.05, 0) is 57.5 Å². The highest BCUT2D eigenvalue weighted by molar-refractivity contribution is 14.0. The van der Waals surface area contributed by atoms with Crippen LogP contribution in [0.4, 0.5) is 0 Å². The van der Waals surface area contributed by atoms with E-state index in [0.717, 1.165) is 11.3 Å². The number of rotatable bonds is 8. The van der Waals surface area contributed by atoms with Gasteiger partial charge in [-0.3, -0.25) is 4.79 Å². The first-order valence-corrected chi connectivity index (χ1v) is 9.54. The smallest absolute Gasteiger partial charge is 0.251 e. The first-order chi connectivity index (χ1) is 13.4. The second-order valence-corrected chi connectivity index (χ2v) is 6.79. The van der Waals surface area contributed by atoms with Crippen LogP contribution in [0.15, 0.2) is 45.8 Å². The van der Waals surface area contributed by atoms with Gasteiger partial charge in [0.15, 0.2) is 5.96 Å². The van der Waals surface area contributed by atoms with Gasteiger partial charge in [0.25, 0.3) is 5.91 Å². The Labute approximate surface area is 189 Å². The quantitative estimate of drug-likeness (QED) is 0.247. The Morgan fingerprint density at radius 2 is 1.86 bits per heavy atom. The van der Waals surface area contributed by atoms with Crippen molar-refractivity contribution in [2.75, 3.05) is 19.6 Å². The van der Waals surface area contributed by atoms with E-state index in [1.54, 1.807) is 19.1 Å². The number of aryl methyl sites for hydroxylation is 1. The van der Waals surface area contributed by atoms with Gasteiger partial charge in [-0.1, -0.05) is 12.1 Å². The normalized spacial score (nSPS) is 13.2. The van der Waals surface area contributed by atoms with E-state index in [2.05, 4.69) is 20.9 Å². The topological polar surface area (TPSA) is 98.9 Å². The molecule has 1 aromatic carbocycles. The molecule has 1 heterocycles. The van der Waals surface area contributed by atoms with Gasteiger partial charge in [0.05, 0.1) is 13.1 Å². The van der Waals surface area contributed by atoms with Gasteiger partial charge in [0, 0.05) is 18.7 Å². The van der Waals surface area contributed by atoms with Gasteiger partial charge < -0.3 is 25.5 Å². The van der Waals surface area contributed by atoms with E-state index in [4.69, 9.17) is 4.42 Å². The lowest BCUT2D eigenvalue weighted by Gasteiger charge is -2.22. The zero-order chi connectivity index (χ0) is 20.6. The van der Waals surface area contributed by atoms with Crippen molar-refractivity contribution in [3.63, 3.8) is 0 Å². The van der Waals surface area contributed by atoms with Crippen LogP contribution in [0.2, 0.25) is 0 Å². The molecule has 0 fully saturated rings. The molecule has 8 heteroatoms. The molecule has 0 saturated carbocycles. The van der Waals surface area contributed by atoms with E-state index in [0.29, 0.717) is 36.9 Å². The molecule has 1 amide bonds. The van der Waals surface area contributed by atoms with E-state index in [-0.39, 0.29) is 36.4 Å². The summed E-state index contributed by atoms with van der Waals surface area (Å²) in [4.78, 5) is 16.5. The molecule has 160 valence electrons. The van der Waals surface area contributed by atoms with Crippen molar-refractivity contribution in [3.8, 4) is 0 Å². The maximum absolute atomic E-state index is 12.0. The first kappa shape index (κ1) is 25.0. The molecular formula is C21H31IN4O3. The third-order valence-corrected chi connectivity index (χ3v) is 4.16. The number of furan rings is 1. The second kappa shape index (κ2) is 11.8. The van der Waals surface area contributed by atoms with E-state index in [1.807, 2.05) is 45.0 Å². The summed E-state index contributed by atoms with van der Waals surface area (Å²) in [6.45, 7) is 9.32. The highest BCUT2D eigenvalue weighted by Crippen LogP contribution is 2.21. The summed E-state index contributed by atoms with van der Waals surface area (Å²) in [6.07, 6.45) is 0. The maximum Gasteiger partial charge on any atom is 0.251 e. The summed E-state index contributed by atoms with van der Waals surface area (Å²) >= 11 is 0.